The van der Waals surface area contributed by atoms with Crippen molar-refractivity contribution in [1.82, 2.24) is 14.5 Å². The molecule has 1 aromatic heterocycles. The molecule has 2 aliphatic rings. The number of nitrogens with zero attached hydrogens (tertiary/aromatic N) is 3. The molecule has 25 heavy (non-hydrogen) atoms. The van der Waals surface area contributed by atoms with E-state index in [1.54, 1.807) is 0 Å². The van der Waals surface area contributed by atoms with E-state index in [0.717, 1.165) is 55.9 Å². The van der Waals surface area contributed by atoms with Crippen molar-refractivity contribution in [2.45, 2.75) is 38.6 Å². The van der Waals surface area contributed by atoms with Gasteiger partial charge in [0.2, 0.25) is 5.91 Å². The summed E-state index contributed by atoms with van der Waals surface area (Å²) in [6, 6.07) is 8.38. The van der Waals surface area contributed by atoms with E-state index in [1.165, 1.54) is 0 Å². The molecule has 0 unspecified atom stereocenters. The number of amides is 1. The molecule has 2 atom stereocenters. The van der Waals surface area contributed by atoms with Gasteiger partial charge in [-0.1, -0.05) is 25.1 Å². The van der Waals surface area contributed by atoms with Gasteiger partial charge in [-0.2, -0.15) is 0 Å². The van der Waals surface area contributed by atoms with E-state index in [9.17, 15) is 4.79 Å². The van der Waals surface area contributed by atoms with Gasteiger partial charge in [0, 0.05) is 31.9 Å². The van der Waals surface area contributed by atoms with Gasteiger partial charge in [-0.05, 0) is 30.9 Å². The zero-order valence-corrected chi connectivity index (χ0v) is 14.7. The number of imidazole rings is 1. The van der Waals surface area contributed by atoms with Crippen molar-refractivity contribution in [3.8, 4) is 5.75 Å². The quantitative estimate of drug-likeness (QED) is 0.864. The number of aromatic nitrogens is 2. The molecule has 0 N–H and O–H groups in total. The minimum atomic E-state index is -0.0675. The van der Waals surface area contributed by atoms with E-state index in [0.29, 0.717) is 12.6 Å². The Balaban J connectivity index is 1.46. The fourth-order valence-electron chi connectivity index (χ4n) is 4.08. The molecule has 1 saturated heterocycles. The first-order valence-electron chi connectivity index (χ1n) is 9.27. The molecule has 4 rings (SSSR count). The van der Waals surface area contributed by atoms with E-state index < -0.39 is 0 Å². The fourth-order valence-corrected chi connectivity index (χ4v) is 4.08. The topological polar surface area (TPSA) is 47.4 Å². The minimum Gasteiger partial charge on any atom is -0.492 e. The molecule has 1 amide bonds. The lowest BCUT2D eigenvalue weighted by Crippen LogP contribution is -2.46. The van der Waals surface area contributed by atoms with Gasteiger partial charge in [0.15, 0.2) is 0 Å². The number of fused-ring (bicyclic) bond motifs is 1. The van der Waals surface area contributed by atoms with Gasteiger partial charge in [0.1, 0.15) is 18.2 Å². The number of aryl methyl sites for hydroxylation is 1. The highest BCUT2D eigenvalue weighted by Crippen LogP contribution is 2.30. The zero-order chi connectivity index (χ0) is 17.2. The van der Waals surface area contributed by atoms with Gasteiger partial charge in [0.25, 0.3) is 0 Å². The molecule has 0 radical (unpaired) electrons. The smallest absolute Gasteiger partial charge is 0.229 e. The zero-order valence-electron chi connectivity index (χ0n) is 14.7. The number of carbonyl (C=O) groups is 1. The SMILES string of the molecule is CCc1nccn1[C@@H]1CCCN(C(=O)[C@H]2COc3ccccc3C2)C1. The van der Waals surface area contributed by atoms with Gasteiger partial charge >= 0.3 is 0 Å². The minimum absolute atomic E-state index is 0.0675. The summed E-state index contributed by atoms with van der Waals surface area (Å²) >= 11 is 0. The van der Waals surface area contributed by atoms with Crippen molar-refractivity contribution < 1.29 is 9.53 Å². The monoisotopic (exact) mass is 339 g/mol. The second kappa shape index (κ2) is 6.90. The number of ether oxygens (including phenoxy) is 1. The largest absolute Gasteiger partial charge is 0.492 e. The maximum absolute atomic E-state index is 13.1. The Morgan fingerprint density at radius 2 is 2.24 bits per heavy atom. The number of rotatable bonds is 3. The molecule has 1 aromatic carbocycles. The lowest BCUT2D eigenvalue weighted by molar-refractivity contribution is -0.138. The standard InChI is InChI=1S/C20H25N3O2/c1-2-19-21-9-11-23(19)17-7-5-10-22(13-17)20(24)16-12-15-6-3-4-8-18(15)25-14-16/h3-4,6,8-9,11,16-17H,2,5,7,10,12-14H2,1H3/t16-,17-/m1/s1. The van der Waals surface area contributed by atoms with E-state index in [1.807, 2.05) is 29.3 Å². The number of benzene rings is 1. The predicted molar refractivity (Wildman–Crippen MR) is 95.6 cm³/mol. The highest BCUT2D eigenvalue weighted by Gasteiger charge is 2.32. The lowest BCUT2D eigenvalue weighted by Gasteiger charge is -2.37. The highest BCUT2D eigenvalue weighted by atomic mass is 16.5. The van der Waals surface area contributed by atoms with Crippen molar-refractivity contribution in [3.05, 3.63) is 48.0 Å². The summed E-state index contributed by atoms with van der Waals surface area (Å²) in [4.78, 5) is 19.5. The van der Waals surface area contributed by atoms with Gasteiger partial charge in [-0.3, -0.25) is 4.79 Å². The first-order valence-corrected chi connectivity index (χ1v) is 9.27. The van der Waals surface area contributed by atoms with Crippen LogP contribution in [0, 0.1) is 5.92 Å². The molecule has 0 spiro atoms. The van der Waals surface area contributed by atoms with E-state index in [2.05, 4.69) is 28.7 Å². The van der Waals surface area contributed by atoms with Gasteiger partial charge in [-0.15, -0.1) is 0 Å². The van der Waals surface area contributed by atoms with Gasteiger partial charge < -0.3 is 14.2 Å². The average molecular weight is 339 g/mol. The molecular weight excluding hydrogens is 314 g/mol. The first kappa shape index (κ1) is 16.2. The normalized spacial score (nSPS) is 23.0. The number of piperidine rings is 1. The van der Waals surface area contributed by atoms with Crippen LogP contribution in [0.15, 0.2) is 36.7 Å². The molecule has 5 nitrogen and oxygen atoms in total. The Bertz CT molecular complexity index is 755. The summed E-state index contributed by atoms with van der Waals surface area (Å²) in [6.45, 7) is 4.24. The lowest BCUT2D eigenvalue weighted by atomic mass is 9.94. The maximum Gasteiger partial charge on any atom is 0.229 e. The number of carbonyl (C=O) groups excluding carboxylic acids is 1. The highest BCUT2D eigenvalue weighted by molar-refractivity contribution is 5.80. The first-order chi connectivity index (χ1) is 12.3. The predicted octanol–water partition coefficient (Wildman–Crippen LogP) is 2.86. The second-order valence-corrected chi connectivity index (χ2v) is 7.00. The molecule has 2 aromatic rings. The summed E-state index contributed by atoms with van der Waals surface area (Å²) in [5, 5.41) is 0. The van der Waals surface area contributed by atoms with Crippen molar-refractivity contribution in [3.63, 3.8) is 0 Å². The third-order valence-electron chi connectivity index (χ3n) is 5.39. The molecule has 132 valence electrons. The number of hydrogen-bond donors (Lipinski definition) is 0. The van der Waals surface area contributed by atoms with Crippen LogP contribution >= 0.6 is 0 Å². The van der Waals surface area contributed by atoms with Crippen LogP contribution in [0.2, 0.25) is 0 Å². The van der Waals surface area contributed by atoms with Gasteiger partial charge in [0.05, 0.1) is 12.0 Å². The Morgan fingerprint density at radius 1 is 1.36 bits per heavy atom. The number of likely N-dealkylation sites (tertiary alicyclic amines) is 1. The summed E-state index contributed by atoms with van der Waals surface area (Å²) in [7, 11) is 0. The Kier molecular flexibility index (Phi) is 4.47. The molecule has 2 aliphatic heterocycles. The average Bonchev–Trinajstić information content (AvgIpc) is 3.16. The molecular formula is C20H25N3O2. The van der Waals surface area contributed by atoms with Crippen LogP contribution in [-0.4, -0.2) is 40.1 Å². The Morgan fingerprint density at radius 3 is 3.12 bits per heavy atom. The van der Waals surface area contributed by atoms with Crippen LogP contribution in [0.5, 0.6) is 5.75 Å². The van der Waals surface area contributed by atoms with Crippen LogP contribution in [-0.2, 0) is 17.6 Å². The van der Waals surface area contributed by atoms with Crippen molar-refractivity contribution in [2.75, 3.05) is 19.7 Å². The third-order valence-corrected chi connectivity index (χ3v) is 5.39. The summed E-state index contributed by atoms with van der Waals surface area (Å²) in [6.07, 6.45) is 7.77. The van der Waals surface area contributed by atoms with Crippen LogP contribution < -0.4 is 4.74 Å². The van der Waals surface area contributed by atoms with Crippen molar-refractivity contribution >= 4 is 5.91 Å². The fraction of sp³-hybridized carbons (Fsp3) is 0.500. The Labute approximate surface area is 148 Å². The molecule has 0 bridgehead atoms. The maximum atomic E-state index is 13.1. The summed E-state index contributed by atoms with van der Waals surface area (Å²) < 4.78 is 8.08. The van der Waals surface area contributed by atoms with Crippen LogP contribution in [0.3, 0.4) is 0 Å². The van der Waals surface area contributed by atoms with Crippen molar-refractivity contribution in [1.29, 1.82) is 0 Å². The van der Waals surface area contributed by atoms with E-state index in [4.69, 9.17) is 4.74 Å². The summed E-state index contributed by atoms with van der Waals surface area (Å²) in [5.74, 6) is 2.20. The Hall–Kier alpha value is -2.30. The van der Waals surface area contributed by atoms with E-state index >= 15 is 0 Å². The summed E-state index contributed by atoms with van der Waals surface area (Å²) in [5.41, 5.74) is 1.14. The molecule has 1 fully saturated rings. The number of para-hydroxylation sites is 1. The van der Waals surface area contributed by atoms with Crippen LogP contribution in [0.4, 0.5) is 0 Å². The molecule has 3 heterocycles. The van der Waals surface area contributed by atoms with Crippen LogP contribution in [0.1, 0.15) is 37.2 Å². The van der Waals surface area contributed by atoms with Crippen LogP contribution in [0.25, 0.3) is 0 Å². The molecule has 0 aliphatic carbocycles. The third kappa shape index (κ3) is 3.15. The van der Waals surface area contributed by atoms with E-state index in [-0.39, 0.29) is 11.8 Å². The molecule has 5 heteroatoms. The number of hydrogen-bond acceptors (Lipinski definition) is 3. The van der Waals surface area contributed by atoms with Gasteiger partial charge in [-0.25, -0.2) is 4.98 Å². The van der Waals surface area contributed by atoms with Crippen molar-refractivity contribution in [2.24, 2.45) is 5.92 Å². The second-order valence-electron chi connectivity index (χ2n) is 7.00. The molecule has 0 saturated carbocycles.